The van der Waals surface area contributed by atoms with Crippen molar-refractivity contribution in [3.05, 3.63) is 75.8 Å². The Kier molecular flexibility index (Phi) is 4.00. The van der Waals surface area contributed by atoms with Gasteiger partial charge in [0, 0.05) is 10.5 Å². The van der Waals surface area contributed by atoms with E-state index in [1.807, 2.05) is 30.3 Å². The van der Waals surface area contributed by atoms with E-state index in [1.165, 1.54) is 0 Å². The van der Waals surface area contributed by atoms with Crippen LogP contribution in [0.4, 0.5) is 0 Å². The third kappa shape index (κ3) is 2.78. The van der Waals surface area contributed by atoms with Gasteiger partial charge in [-0.3, -0.25) is 15.8 Å². The molecule has 1 unspecified atom stereocenters. The summed E-state index contributed by atoms with van der Waals surface area (Å²) in [6.07, 6.45) is 0.132. The normalized spacial score (nSPS) is 13.5. The van der Waals surface area contributed by atoms with E-state index in [9.17, 15) is 10.1 Å². The van der Waals surface area contributed by atoms with Crippen molar-refractivity contribution in [1.82, 2.24) is 0 Å². The first-order valence-electron chi connectivity index (χ1n) is 6.18. The second kappa shape index (κ2) is 5.71. The van der Waals surface area contributed by atoms with E-state index in [4.69, 9.17) is 10.5 Å². The first kappa shape index (κ1) is 14.0. The maximum absolute atomic E-state index is 11.4. The van der Waals surface area contributed by atoms with Crippen LogP contribution in [0, 0.1) is 10.1 Å². The Bertz CT molecular complexity index is 584. The van der Waals surface area contributed by atoms with Gasteiger partial charge in [-0.25, -0.2) is 0 Å². The quantitative estimate of drug-likeness (QED) is 0.514. The zero-order chi connectivity index (χ0) is 14.6. The highest BCUT2D eigenvalue weighted by atomic mass is 16.6. The maximum atomic E-state index is 11.4. The molecule has 0 saturated heterocycles. The maximum Gasteiger partial charge on any atom is 0.302 e. The third-order valence-corrected chi connectivity index (χ3v) is 3.23. The minimum absolute atomic E-state index is 0.132. The first-order valence-corrected chi connectivity index (χ1v) is 6.18. The second-order valence-electron chi connectivity index (χ2n) is 4.57. The average molecular weight is 272 g/mol. The van der Waals surface area contributed by atoms with Crippen molar-refractivity contribution in [2.24, 2.45) is 5.73 Å². The summed E-state index contributed by atoms with van der Waals surface area (Å²) in [4.78, 5) is 11.0. The molecule has 0 aromatic heterocycles. The van der Waals surface area contributed by atoms with Gasteiger partial charge in [-0.2, -0.15) is 0 Å². The van der Waals surface area contributed by atoms with Gasteiger partial charge in [0.2, 0.25) is 0 Å². The number of hydrogen-bond donors (Lipinski definition) is 1. The van der Waals surface area contributed by atoms with Gasteiger partial charge < -0.3 is 4.74 Å². The van der Waals surface area contributed by atoms with E-state index < -0.39 is 10.6 Å². The minimum atomic E-state index is -1.65. The molecule has 0 bridgehead atoms. The Morgan fingerprint density at radius 3 is 2.25 bits per heavy atom. The molecule has 5 nitrogen and oxygen atoms in total. The number of rotatable bonds is 5. The van der Waals surface area contributed by atoms with Gasteiger partial charge in [-0.05, 0) is 29.8 Å². The lowest BCUT2D eigenvalue weighted by molar-refractivity contribution is -0.578. The summed E-state index contributed by atoms with van der Waals surface area (Å²) in [7, 11) is 1.54. The lowest BCUT2D eigenvalue weighted by Crippen LogP contribution is -2.46. The number of benzene rings is 2. The number of nitrogens with zero attached hydrogens (tertiary/aromatic N) is 1. The van der Waals surface area contributed by atoms with Crippen molar-refractivity contribution in [1.29, 1.82) is 0 Å². The zero-order valence-corrected chi connectivity index (χ0v) is 11.2. The molecule has 2 aromatic carbocycles. The molecule has 0 spiro atoms. The van der Waals surface area contributed by atoms with Crippen molar-refractivity contribution >= 4 is 0 Å². The van der Waals surface area contributed by atoms with Crippen molar-refractivity contribution in [3.8, 4) is 5.75 Å². The molecule has 0 heterocycles. The van der Waals surface area contributed by atoms with Crippen LogP contribution in [-0.2, 0) is 12.1 Å². The standard InChI is InChI=1S/C15H16N2O3/c1-20-14-9-7-13(8-10-14)15(16,17(18)19)11-12-5-3-2-4-6-12/h2-10H,11,16H2,1H3. The summed E-state index contributed by atoms with van der Waals surface area (Å²) >= 11 is 0. The van der Waals surface area contributed by atoms with Crippen LogP contribution in [0.3, 0.4) is 0 Å². The Morgan fingerprint density at radius 1 is 1.15 bits per heavy atom. The molecule has 5 heteroatoms. The van der Waals surface area contributed by atoms with Crippen LogP contribution < -0.4 is 10.5 Å². The van der Waals surface area contributed by atoms with Crippen LogP contribution in [0.2, 0.25) is 0 Å². The third-order valence-electron chi connectivity index (χ3n) is 3.23. The smallest absolute Gasteiger partial charge is 0.302 e. The molecule has 0 aliphatic heterocycles. The molecular formula is C15H16N2O3. The summed E-state index contributed by atoms with van der Waals surface area (Å²) in [5.74, 6) is 0.638. The Labute approximate surface area is 117 Å². The van der Waals surface area contributed by atoms with Crippen molar-refractivity contribution in [2.75, 3.05) is 7.11 Å². The fourth-order valence-electron chi connectivity index (χ4n) is 2.06. The summed E-state index contributed by atoms with van der Waals surface area (Å²) in [6, 6.07) is 15.8. The molecule has 2 N–H and O–H groups in total. The molecule has 1 atom stereocenters. The van der Waals surface area contributed by atoms with Crippen molar-refractivity contribution < 1.29 is 9.66 Å². The van der Waals surface area contributed by atoms with Gasteiger partial charge >= 0.3 is 5.66 Å². The Balaban J connectivity index is 2.35. The van der Waals surface area contributed by atoms with Crippen LogP contribution in [0.25, 0.3) is 0 Å². The molecule has 2 rings (SSSR count). The highest BCUT2D eigenvalue weighted by Gasteiger charge is 2.40. The molecule has 0 aliphatic carbocycles. The van der Waals surface area contributed by atoms with Gasteiger partial charge in [0.1, 0.15) is 5.75 Å². The van der Waals surface area contributed by atoms with Gasteiger partial charge in [-0.15, -0.1) is 0 Å². The molecule has 104 valence electrons. The van der Waals surface area contributed by atoms with Gasteiger partial charge in [0.25, 0.3) is 0 Å². The number of ether oxygens (including phenoxy) is 1. The summed E-state index contributed by atoms with van der Waals surface area (Å²) in [6.45, 7) is 0. The van der Waals surface area contributed by atoms with Crippen LogP contribution in [0.5, 0.6) is 5.75 Å². The fourth-order valence-corrected chi connectivity index (χ4v) is 2.06. The highest BCUT2D eigenvalue weighted by Crippen LogP contribution is 2.25. The van der Waals surface area contributed by atoms with E-state index in [-0.39, 0.29) is 6.42 Å². The lowest BCUT2D eigenvalue weighted by atomic mass is 9.93. The second-order valence-corrected chi connectivity index (χ2v) is 4.57. The Hall–Kier alpha value is -2.40. The van der Waals surface area contributed by atoms with Crippen LogP contribution in [-0.4, -0.2) is 12.0 Å². The highest BCUT2D eigenvalue weighted by molar-refractivity contribution is 5.32. The largest absolute Gasteiger partial charge is 0.497 e. The van der Waals surface area contributed by atoms with Crippen molar-refractivity contribution in [3.63, 3.8) is 0 Å². The SMILES string of the molecule is COc1ccc(C(N)(Cc2ccccc2)[N+](=O)[O-])cc1. The van der Waals surface area contributed by atoms with Crippen molar-refractivity contribution in [2.45, 2.75) is 12.1 Å². The van der Waals surface area contributed by atoms with E-state index in [1.54, 1.807) is 31.4 Å². The fraction of sp³-hybridized carbons (Fsp3) is 0.200. The number of nitrogens with two attached hydrogens (primary N) is 1. The monoisotopic (exact) mass is 272 g/mol. The predicted molar refractivity (Wildman–Crippen MR) is 76.0 cm³/mol. The summed E-state index contributed by atoms with van der Waals surface area (Å²) in [5, 5.41) is 11.4. The summed E-state index contributed by atoms with van der Waals surface area (Å²) in [5.41, 5.74) is 5.67. The average Bonchev–Trinajstić information content (AvgIpc) is 2.48. The Morgan fingerprint density at radius 2 is 1.75 bits per heavy atom. The van der Waals surface area contributed by atoms with E-state index in [0.717, 1.165) is 5.56 Å². The molecule has 20 heavy (non-hydrogen) atoms. The number of methoxy groups -OCH3 is 1. The van der Waals surface area contributed by atoms with Crippen LogP contribution in [0.1, 0.15) is 11.1 Å². The molecule has 0 radical (unpaired) electrons. The van der Waals surface area contributed by atoms with Gasteiger partial charge in [0.05, 0.1) is 13.5 Å². The summed E-state index contributed by atoms with van der Waals surface area (Å²) < 4.78 is 5.05. The molecule has 2 aromatic rings. The van der Waals surface area contributed by atoms with E-state index in [0.29, 0.717) is 11.3 Å². The molecule has 0 amide bonds. The lowest BCUT2D eigenvalue weighted by Gasteiger charge is -2.21. The topological polar surface area (TPSA) is 78.4 Å². The molecular weight excluding hydrogens is 256 g/mol. The first-order chi connectivity index (χ1) is 9.56. The van der Waals surface area contributed by atoms with Gasteiger partial charge in [-0.1, -0.05) is 30.3 Å². The minimum Gasteiger partial charge on any atom is -0.497 e. The predicted octanol–water partition coefficient (Wildman–Crippen LogP) is 2.33. The molecule has 0 aliphatic rings. The number of nitro groups is 1. The number of hydrogen-bond acceptors (Lipinski definition) is 4. The molecule has 0 saturated carbocycles. The van der Waals surface area contributed by atoms with Crippen LogP contribution in [0.15, 0.2) is 54.6 Å². The van der Waals surface area contributed by atoms with Gasteiger partial charge in [0.15, 0.2) is 0 Å². The van der Waals surface area contributed by atoms with E-state index in [2.05, 4.69) is 0 Å². The van der Waals surface area contributed by atoms with E-state index >= 15 is 0 Å². The molecule has 0 fully saturated rings. The zero-order valence-electron chi connectivity index (χ0n) is 11.2. The van der Waals surface area contributed by atoms with Crippen LogP contribution >= 0.6 is 0 Å².